The summed E-state index contributed by atoms with van der Waals surface area (Å²) in [6.45, 7) is 5.21. The first-order valence-electron chi connectivity index (χ1n) is 8.47. The summed E-state index contributed by atoms with van der Waals surface area (Å²) in [6, 6.07) is 14.5. The minimum absolute atomic E-state index is 0.225. The van der Waals surface area contributed by atoms with E-state index in [0.717, 1.165) is 37.4 Å². The Morgan fingerprint density at radius 2 is 1.79 bits per heavy atom. The largest absolute Gasteiger partial charge is 0.489 e. The third kappa shape index (κ3) is 4.56. The van der Waals surface area contributed by atoms with E-state index in [1.165, 1.54) is 17.7 Å². The highest BCUT2D eigenvalue weighted by atomic mass is 19.1. The molecule has 0 saturated carbocycles. The lowest BCUT2D eigenvalue weighted by Crippen LogP contribution is -2.23. The summed E-state index contributed by atoms with van der Waals surface area (Å²) in [7, 11) is 0. The molecule has 1 saturated heterocycles. The molecule has 1 aliphatic heterocycles. The van der Waals surface area contributed by atoms with Crippen LogP contribution >= 0.6 is 0 Å². The fourth-order valence-corrected chi connectivity index (χ4v) is 3.10. The topological polar surface area (TPSA) is 32.7 Å². The van der Waals surface area contributed by atoms with E-state index < -0.39 is 0 Å². The van der Waals surface area contributed by atoms with E-state index in [1.807, 2.05) is 19.1 Å². The van der Waals surface area contributed by atoms with Gasteiger partial charge in [-0.1, -0.05) is 24.3 Å². The maximum Gasteiger partial charge on any atom is 0.123 e. The minimum Gasteiger partial charge on any atom is -0.489 e. The van der Waals surface area contributed by atoms with Crippen LogP contribution in [0.2, 0.25) is 0 Å². The third-order valence-electron chi connectivity index (χ3n) is 4.64. The van der Waals surface area contributed by atoms with Crippen LogP contribution in [0.5, 0.6) is 5.75 Å². The van der Waals surface area contributed by atoms with E-state index in [2.05, 4.69) is 17.0 Å². The molecule has 2 atom stereocenters. The molecule has 0 radical (unpaired) electrons. The zero-order chi connectivity index (χ0) is 16.9. The third-order valence-corrected chi connectivity index (χ3v) is 4.64. The average molecular weight is 329 g/mol. The maximum absolute atomic E-state index is 12.9. The van der Waals surface area contributed by atoms with Gasteiger partial charge in [0.25, 0.3) is 0 Å². The highest BCUT2D eigenvalue weighted by Gasteiger charge is 2.25. The molecule has 0 aromatic heterocycles. The first-order chi connectivity index (χ1) is 11.6. The summed E-state index contributed by atoms with van der Waals surface area (Å²) in [5.41, 5.74) is 2.19. The second-order valence-electron chi connectivity index (χ2n) is 6.58. The van der Waals surface area contributed by atoms with Gasteiger partial charge in [-0.2, -0.15) is 0 Å². The molecule has 1 N–H and O–H groups in total. The molecule has 4 heteroatoms. The normalized spacial score (nSPS) is 19.4. The molecule has 0 spiro atoms. The number of benzene rings is 2. The predicted molar refractivity (Wildman–Crippen MR) is 92.2 cm³/mol. The standard InChI is InChI=1S/C20H24FNO2/c1-15(23)18-10-11-22(13-18)12-16-4-8-20(9-5-16)24-14-17-2-6-19(21)7-3-17/h2-9,15,18,23H,10-14H2,1H3. The van der Waals surface area contributed by atoms with Crippen LogP contribution in [0, 0.1) is 11.7 Å². The quantitative estimate of drug-likeness (QED) is 0.879. The molecule has 0 amide bonds. The summed E-state index contributed by atoms with van der Waals surface area (Å²) in [5, 5.41) is 9.68. The lowest BCUT2D eigenvalue weighted by molar-refractivity contribution is 0.127. The zero-order valence-electron chi connectivity index (χ0n) is 14.0. The zero-order valence-corrected chi connectivity index (χ0v) is 14.0. The first-order valence-corrected chi connectivity index (χ1v) is 8.47. The fraction of sp³-hybridized carbons (Fsp3) is 0.400. The van der Waals surface area contributed by atoms with Gasteiger partial charge in [-0.3, -0.25) is 4.90 Å². The van der Waals surface area contributed by atoms with Crippen LogP contribution in [0.25, 0.3) is 0 Å². The van der Waals surface area contributed by atoms with Gasteiger partial charge < -0.3 is 9.84 Å². The minimum atomic E-state index is -0.233. The Labute approximate surface area is 142 Å². The van der Waals surface area contributed by atoms with Crippen molar-refractivity contribution in [3.05, 3.63) is 65.5 Å². The number of likely N-dealkylation sites (tertiary alicyclic amines) is 1. The molecular weight excluding hydrogens is 305 g/mol. The predicted octanol–water partition coefficient (Wildman–Crippen LogP) is 3.61. The number of nitrogens with zero attached hydrogens (tertiary/aromatic N) is 1. The Kier molecular flexibility index (Phi) is 5.48. The molecule has 3 nitrogen and oxygen atoms in total. The van der Waals surface area contributed by atoms with E-state index in [9.17, 15) is 9.50 Å². The molecule has 2 unspecified atom stereocenters. The molecule has 2 aromatic rings. The molecular formula is C20H24FNO2. The fourth-order valence-electron chi connectivity index (χ4n) is 3.10. The monoisotopic (exact) mass is 329 g/mol. The van der Waals surface area contributed by atoms with E-state index >= 15 is 0 Å². The summed E-state index contributed by atoms with van der Waals surface area (Å²) >= 11 is 0. The van der Waals surface area contributed by atoms with Gasteiger partial charge >= 0.3 is 0 Å². The van der Waals surface area contributed by atoms with Crippen LogP contribution in [-0.4, -0.2) is 29.2 Å². The van der Waals surface area contributed by atoms with Crippen molar-refractivity contribution in [1.29, 1.82) is 0 Å². The molecule has 2 aromatic carbocycles. The van der Waals surface area contributed by atoms with E-state index in [-0.39, 0.29) is 11.9 Å². The number of ether oxygens (including phenoxy) is 1. The highest BCUT2D eigenvalue weighted by Crippen LogP contribution is 2.22. The van der Waals surface area contributed by atoms with E-state index in [1.54, 1.807) is 12.1 Å². The van der Waals surface area contributed by atoms with Crippen LogP contribution in [0.4, 0.5) is 4.39 Å². The summed E-state index contributed by atoms with van der Waals surface area (Å²) in [4.78, 5) is 2.38. The Hall–Kier alpha value is -1.91. The molecule has 1 aliphatic rings. The lowest BCUT2D eigenvalue weighted by atomic mass is 10.0. The Balaban J connectivity index is 1.49. The lowest BCUT2D eigenvalue weighted by Gasteiger charge is -2.17. The molecule has 1 fully saturated rings. The van der Waals surface area contributed by atoms with E-state index in [4.69, 9.17) is 4.74 Å². The smallest absolute Gasteiger partial charge is 0.123 e. The molecule has 0 bridgehead atoms. The van der Waals surface area contributed by atoms with Crippen LogP contribution in [0.15, 0.2) is 48.5 Å². The molecule has 128 valence electrons. The Morgan fingerprint density at radius 1 is 1.12 bits per heavy atom. The van der Waals surface area contributed by atoms with Crippen molar-refractivity contribution in [3.8, 4) is 5.75 Å². The average Bonchev–Trinajstić information content (AvgIpc) is 3.04. The molecule has 3 rings (SSSR count). The molecule has 1 heterocycles. The Morgan fingerprint density at radius 3 is 2.42 bits per heavy atom. The van der Waals surface area contributed by atoms with Crippen LogP contribution in [0.3, 0.4) is 0 Å². The van der Waals surface area contributed by atoms with Crippen LogP contribution in [-0.2, 0) is 13.2 Å². The van der Waals surface area contributed by atoms with Crippen LogP contribution in [0.1, 0.15) is 24.5 Å². The van der Waals surface area contributed by atoms with Gasteiger partial charge in [-0.25, -0.2) is 4.39 Å². The first kappa shape index (κ1) is 16.9. The van der Waals surface area contributed by atoms with Gasteiger partial charge in [0, 0.05) is 13.1 Å². The number of halogens is 1. The maximum atomic E-state index is 12.9. The van der Waals surface area contributed by atoms with Gasteiger partial charge in [0.2, 0.25) is 0 Å². The van der Waals surface area contributed by atoms with Crippen molar-refractivity contribution < 1.29 is 14.2 Å². The number of rotatable bonds is 6. The SMILES string of the molecule is CC(O)C1CCN(Cc2ccc(OCc3ccc(F)cc3)cc2)C1. The van der Waals surface area contributed by atoms with Gasteiger partial charge in [-0.15, -0.1) is 0 Å². The number of aliphatic hydroxyl groups excluding tert-OH is 1. The molecule has 0 aliphatic carbocycles. The van der Waals surface area contributed by atoms with Crippen molar-refractivity contribution in [3.63, 3.8) is 0 Å². The summed E-state index contributed by atoms with van der Waals surface area (Å²) < 4.78 is 18.6. The van der Waals surface area contributed by atoms with Crippen molar-refractivity contribution in [2.45, 2.75) is 32.6 Å². The van der Waals surface area contributed by atoms with Crippen molar-refractivity contribution >= 4 is 0 Å². The number of hydrogen-bond donors (Lipinski definition) is 1. The van der Waals surface area contributed by atoms with Gasteiger partial charge in [0.05, 0.1) is 6.10 Å². The van der Waals surface area contributed by atoms with Crippen molar-refractivity contribution in [1.82, 2.24) is 4.90 Å². The van der Waals surface area contributed by atoms with Crippen LogP contribution < -0.4 is 4.74 Å². The number of aliphatic hydroxyl groups is 1. The van der Waals surface area contributed by atoms with Gasteiger partial charge in [-0.05, 0) is 61.2 Å². The van der Waals surface area contributed by atoms with Crippen molar-refractivity contribution in [2.24, 2.45) is 5.92 Å². The van der Waals surface area contributed by atoms with Gasteiger partial charge in [0.1, 0.15) is 18.2 Å². The van der Waals surface area contributed by atoms with E-state index in [0.29, 0.717) is 12.5 Å². The second kappa shape index (κ2) is 7.77. The Bertz CT molecular complexity index is 640. The van der Waals surface area contributed by atoms with Crippen molar-refractivity contribution in [2.75, 3.05) is 13.1 Å². The number of hydrogen-bond acceptors (Lipinski definition) is 3. The second-order valence-corrected chi connectivity index (χ2v) is 6.58. The summed E-state index contributed by atoms with van der Waals surface area (Å²) in [6.07, 6.45) is 0.841. The highest BCUT2D eigenvalue weighted by molar-refractivity contribution is 5.28. The summed E-state index contributed by atoms with van der Waals surface area (Å²) in [5.74, 6) is 0.970. The van der Waals surface area contributed by atoms with Gasteiger partial charge in [0.15, 0.2) is 0 Å². The molecule has 24 heavy (non-hydrogen) atoms.